The van der Waals surface area contributed by atoms with E-state index >= 15 is 0 Å². The van der Waals surface area contributed by atoms with Crippen molar-refractivity contribution in [2.75, 3.05) is 6.61 Å². The molecule has 0 radical (unpaired) electrons. The molecule has 0 saturated carbocycles. The molecule has 0 fully saturated rings. The van der Waals surface area contributed by atoms with Crippen LogP contribution in [0.25, 0.3) is 0 Å². The lowest BCUT2D eigenvalue weighted by Gasteiger charge is -2.24. The van der Waals surface area contributed by atoms with Crippen LogP contribution in [0.1, 0.15) is 46.9 Å². The highest BCUT2D eigenvalue weighted by molar-refractivity contribution is 5.94. The van der Waals surface area contributed by atoms with E-state index < -0.39 is 0 Å². The van der Waals surface area contributed by atoms with E-state index in [1.165, 1.54) is 6.07 Å². The summed E-state index contributed by atoms with van der Waals surface area (Å²) in [6, 6.07) is 27.9. The third-order valence-corrected chi connectivity index (χ3v) is 5.89. The average molecular weight is 471 g/mol. The van der Waals surface area contributed by atoms with Gasteiger partial charge in [0.15, 0.2) is 0 Å². The molecule has 0 spiro atoms. The highest BCUT2D eigenvalue weighted by Gasteiger charge is 2.18. The van der Waals surface area contributed by atoms with Crippen molar-refractivity contribution >= 4 is 5.91 Å². The second-order valence-electron chi connectivity index (χ2n) is 8.63. The molecule has 4 rings (SSSR count). The fourth-order valence-corrected chi connectivity index (χ4v) is 3.99. The van der Waals surface area contributed by atoms with Crippen LogP contribution in [0.3, 0.4) is 0 Å². The number of halogens is 1. The van der Waals surface area contributed by atoms with Gasteiger partial charge in [-0.05, 0) is 66.1 Å². The zero-order valence-electron chi connectivity index (χ0n) is 20.1. The van der Waals surface area contributed by atoms with Gasteiger partial charge in [-0.25, -0.2) is 4.39 Å². The van der Waals surface area contributed by atoms with Gasteiger partial charge < -0.3 is 14.2 Å². The SMILES string of the molecule is CCCCOc1ccc(C(=O)N(Cc2ccccc2)Cc2cccn2Cc2cccc(F)c2)cc1. The van der Waals surface area contributed by atoms with Gasteiger partial charge >= 0.3 is 0 Å². The number of amides is 1. The molecular weight excluding hydrogens is 439 g/mol. The van der Waals surface area contributed by atoms with Crippen molar-refractivity contribution in [3.8, 4) is 5.75 Å². The molecule has 4 nitrogen and oxygen atoms in total. The molecular formula is C30H31FN2O2. The Labute approximate surface area is 206 Å². The fourth-order valence-electron chi connectivity index (χ4n) is 3.99. The monoisotopic (exact) mass is 470 g/mol. The minimum atomic E-state index is -0.251. The molecule has 1 amide bonds. The third-order valence-electron chi connectivity index (χ3n) is 5.89. The molecule has 0 atom stereocenters. The van der Waals surface area contributed by atoms with E-state index in [-0.39, 0.29) is 11.7 Å². The number of carbonyl (C=O) groups excluding carboxylic acids is 1. The van der Waals surface area contributed by atoms with E-state index in [0.717, 1.165) is 35.4 Å². The lowest BCUT2D eigenvalue weighted by Crippen LogP contribution is -2.31. The van der Waals surface area contributed by atoms with Crippen LogP contribution in [-0.2, 0) is 19.6 Å². The second kappa shape index (κ2) is 12.0. The maximum atomic E-state index is 13.7. The van der Waals surface area contributed by atoms with E-state index in [4.69, 9.17) is 4.74 Å². The number of rotatable bonds is 11. The molecule has 4 aromatic rings. The average Bonchev–Trinajstić information content (AvgIpc) is 3.31. The Hall–Kier alpha value is -3.86. The van der Waals surface area contributed by atoms with Crippen molar-refractivity contribution in [3.63, 3.8) is 0 Å². The molecule has 0 aliphatic heterocycles. The maximum absolute atomic E-state index is 13.7. The topological polar surface area (TPSA) is 34.5 Å². The molecule has 180 valence electrons. The van der Waals surface area contributed by atoms with E-state index in [9.17, 15) is 9.18 Å². The Kier molecular flexibility index (Phi) is 8.34. The number of unbranched alkanes of at least 4 members (excludes halogenated alkanes) is 1. The predicted molar refractivity (Wildman–Crippen MR) is 137 cm³/mol. The van der Waals surface area contributed by atoms with Crippen LogP contribution in [0, 0.1) is 5.82 Å². The number of hydrogen-bond donors (Lipinski definition) is 0. The van der Waals surface area contributed by atoms with Crippen LogP contribution in [-0.4, -0.2) is 22.0 Å². The van der Waals surface area contributed by atoms with E-state index in [2.05, 4.69) is 11.5 Å². The Morgan fingerprint density at radius 2 is 1.66 bits per heavy atom. The fraction of sp³-hybridized carbons (Fsp3) is 0.233. The summed E-state index contributed by atoms with van der Waals surface area (Å²) >= 11 is 0. The molecule has 1 aromatic heterocycles. The van der Waals surface area contributed by atoms with Crippen molar-refractivity contribution in [2.45, 2.75) is 39.4 Å². The molecule has 3 aromatic carbocycles. The standard InChI is InChI=1S/C30H31FN2O2/c1-2-3-19-35-29-16-14-26(15-17-29)30(34)33(21-24-9-5-4-6-10-24)23-28-13-8-18-32(28)22-25-11-7-12-27(31)20-25/h4-18,20H,2-3,19,21-23H2,1H3. The Bertz CT molecular complexity index is 1220. The summed E-state index contributed by atoms with van der Waals surface area (Å²) in [5.41, 5.74) is 3.54. The summed E-state index contributed by atoms with van der Waals surface area (Å²) in [5, 5.41) is 0. The lowest BCUT2D eigenvalue weighted by atomic mass is 10.1. The molecule has 0 N–H and O–H groups in total. The number of nitrogens with zero attached hydrogens (tertiary/aromatic N) is 2. The van der Waals surface area contributed by atoms with Gasteiger partial charge in [-0.3, -0.25) is 4.79 Å². The first-order valence-corrected chi connectivity index (χ1v) is 12.1. The van der Waals surface area contributed by atoms with Crippen LogP contribution in [0.2, 0.25) is 0 Å². The van der Waals surface area contributed by atoms with Gasteiger partial charge in [0.2, 0.25) is 0 Å². The predicted octanol–water partition coefficient (Wildman–Crippen LogP) is 6.70. The van der Waals surface area contributed by atoms with Crippen LogP contribution in [0.5, 0.6) is 5.75 Å². The number of hydrogen-bond acceptors (Lipinski definition) is 2. The van der Waals surface area contributed by atoms with Crippen LogP contribution in [0.15, 0.2) is 97.2 Å². The Balaban J connectivity index is 1.54. The van der Waals surface area contributed by atoms with Crippen LogP contribution < -0.4 is 4.74 Å². The quantitative estimate of drug-likeness (QED) is 0.229. The first kappa shape index (κ1) is 24.3. The molecule has 5 heteroatoms. The van der Waals surface area contributed by atoms with Crippen molar-refractivity contribution in [2.24, 2.45) is 0 Å². The Morgan fingerprint density at radius 3 is 2.40 bits per heavy atom. The van der Waals surface area contributed by atoms with E-state index in [1.54, 1.807) is 12.1 Å². The number of ether oxygens (including phenoxy) is 1. The van der Waals surface area contributed by atoms with Crippen molar-refractivity contribution in [3.05, 3.63) is 125 Å². The van der Waals surface area contributed by atoms with Gasteiger partial charge in [0.25, 0.3) is 5.91 Å². The van der Waals surface area contributed by atoms with E-state index in [0.29, 0.717) is 31.8 Å². The van der Waals surface area contributed by atoms with Gasteiger partial charge in [0.1, 0.15) is 11.6 Å². The summed E-state index contributed by atoms with van der Waals surface area (Å²) < 4.78 is 21.5. The normalized spacial score (nSPS) is 10.8. The minimum absolute atomic E-state index is 0.0486. The van der Waals surface area contributed by atoms with Gasteiger partial charge in [0, 0.05) is 30.5 Å². The van der Waals surface area contributed by atoms with Gasteiger partial charge in [0.05, 0.1) is 13.2 Å². The largest absolute Gasteiger partial charge is 0.494 e. The summed E-state index contributed by atoms with van der Waals surface area (Å²) in [6.45, 7) is 4.26. The number of benzene rings is 3. The number of carbonyl (C=O) groups is 1. The maximum Gasteiger partial charge on any atom is 0.254 e. The third kappa shape index (κ3) is 6.82. The molecule has 0 bridgehead atoms. The Morgan fingerprint density at radius 1 is 0.886 bits per heavy atom. The second-order valence-corrected chi connectivity index (χ2v) is 8.63. The van der Waals surface area contributed by atoms with Crippen LogP contribution >= 0.6 is 0 Å². The highest BCUT2D eigenvalue weighted by Crippen LogP contribution is 2.19. The molecule has 0 saturated heterocycles. The van der Waals surface area contributed by atoms with Crippen LogP contribution in [0.4, 0.5) is 4.39 Å². The molecule has 1 heterocycles. The molecule has 35 heavy (non-hydrogen) atoms. The van der Waals surface area contributed by atoms with Crippen molar-refractivity contribution in [1.82, 2.24) is 9.47 Å². The molecule has 0 aliphatic rings. The van der Waals surface area contributed by atoms with Gasteiger partial charge in [-0.2, -0.15) is 0 Å². The first-order chi connectivity index (χ1) is 17.1. The van der Waals surface area contributed by atoms with Crippen molar-refractivity contribution < 1.29 is 13.9 Å². The molecule has 0 unspecified atom stereocenters. The van der Waals surface area contributed by atoms with E-state index in [1.807, 2.05) is 83.9 Å². The smallest absolute Gasteiger partial charge is 0.254 e. The summed E-state index contributed by atoms with van der Waals surface area (Å²) in [5.74, 6) is 0.472. The van der Waals surface area contributed by atoms with Gasteiger partial charge in [-0.1, -0.05) is 55.8 Å². The number of aromatic nitrogens is 1. The summed E-state index contributed by atoms with van der Waals surface area (Å²) in [7, 11) is 0. The zero-order chi connectivity index (χ0) is 24.5. The minimum Gasteiger partial charge on any atom is -0.494 e. The summed E-state index contributed by atoms with van der Waals surface area (Å²) in [6.07, 6.45) is 4.04. The highest BCUT2D eigenvalue weighted by atomic mass is 19.1. The lowest BCUT2D eigenvalue weighted by molar-refractivity contribution is 0.0726. The zero-order valence-corrected chi connectivity index (χ0v) is 20.1. The first-order valence-electron chi connectivity index (χ1n) is 12.1. The van der Waals surface area contributed by atoms with Gasteiger partial charge in [-0.15, -0.1) is 0 Å². The van der Waals surface area contributed by atoms with Crippen molar-refractivity contribution in [1.29, 1.82) is 0 Å². The summed E-state index contributed by atoms with van der Waals surface area (Å²) in [4.78, 5) is 15.4. The molecule has 0 aliphatic carbocycles.